The number of nitrogens with one attached hydrogen (secondary N) is 2. The average molecular weight is 262 g/mol. The van der Waals surface area contributed by atoms with Gasteiger partial charge < -0.3 is 10.6 Å². The van der Waals surface area contributed by atoms with Crippen LogP contribution in [0.15, 0.2) is 24.3 Å². The van der Waals surface area contributed by atoms with E-state index in [0.29, 0.717) is 12.0 Å². The van der Waals surface area contributed by atoms with Crippen LogP contribution in [0.1, 0.15) is 43.6 Å². The normalized spacial score (nSPS) is 12.1. The summed E-state index contributed by atoms with van der Waals surface area (Å²) in [5.74, 6) is -0.106. The van der Waals surface area contributed by atoms with Gasteiger partial charge in [-0.15, -0.1) is 0 Å². The maximum atomic E-state index is 11.9. The molecule has 1 atom stereocenters. The van der Waals surface area contributed by atoms with E-state index in [4.69, 9.17) is 0 Å². The van der Waals surface area contributed by atoms with Crippen molar-refractivity contribution in [2.24, 2.45) is 0 Å². The van der Waals surface area contributed by atoms with Gasteiger partial charge in [0, 0.05) is 24.6 Å². The Balaban J connectivity index is 2.71. The largest absolute Gasteiger partial charge is 0.354 e. The predicted octanol–water partition coefficient (Wildman–Crippen LogP) is 1.89. The second kappa shape index (κ2) is 6.92. The number of hydrogen-bond donors (Lipinski definition) is 2. The predicted molar refractivity (Wildman–Crippen MR) is 76.0 cm³/mol. The molecule has 0 saturated carbocycles. The summed E-state index contributed by atoms with van der Waals surface area (Å²) in [7, 11) is 0. The summed E-state index contributed by atoms with van der Waals surface area (Å²) in [6.45, 7) is 7.31. The molecule has 104 valence electrons. The Morgan fingerprint density at radius 1 is 1.16 bits per heavy atom. The van der Waals surface area contributed by atoms with Crippen LogP contribution in [0.3, 0.4) is 0 Å². The number of amides is 2. The van der Waals surface area contributed by atoms with Gasteiger partial charge in [0.2, 0.25) is 5.91 Å². The Labute approximate surface area is 114 Å². The van der Waals surface area contributed by atoms with Crippen molar-refractivity contribution >= 4 is 11.8 Å². The summed E-state index contributed by atoms with van der Waals surface area (Å²) in [4.78, 5) is 22.9. The Bertz CT molecular complexity index is 455. The van der Waals surface area contributed by atoms with Crippen molar-refractivity contribution in [3.63, 3.8) is 0 Å². The summed E-state index contributed by atoms with van der Waals surface area (Å²) in [6.07, 6.45) is 0.711. The molecule has 4 heteroatoms. The van der Waals surface area contributed by atoms with E-state index in [1.54, 1.807) is 6.07 Å². The summed E-state index contributed by atoms with van der Waals surface area (Å²) in [6, 6.07) is 7.67. The van der Waals surface area contributed by atoms with E-state index in [-0.39, 0.29) is 23.9 Å². The summed E-state index contributed by atoms with van der Waals surface area (Å²) in [5.41, 5.74) is 1.69. The highest BCUT2D eigenvalue weighted by Gasteiger charge is 2.09. The Kier molecular flexibility index (Phi) is 5.55. The van der Waals surface area contributed by atoms with Crippen LogP contribution in [0.25, 0.3) is 0 Å². The molecule has 0 aliphatic rings. The van der Waals surface area contributed by atoms with Crippen molar-refractivity contribution in [2.75, 3.05) is 0 Å². The first kappa shape index (κ1) is 15.2. The molecule has 0 saturated heterocycles. The molecule has 0 bridgehead atoms. The number of rotatable bonds is 5. The van der Waals surface area contributed by atoms with Crippen molar-refractivity contribution in [3.05, 3.63) is 35.4 Å². The number of benzene rings is 1. The van der Waals surface area contributed by atoms with E-state index in [2.05, 4.69) is 10.6 Å². The van der Waals surface area contributed by atoms with Crippen molar-refractivity contribution < 1.29 is 9.59 Å². The molecule has 1 aromatic rings. The quantitative estimate of drug-likeness (QED) is 0.851. The SMILES string of the molecule is CC(=O)NC(C)Cc1cccc(C(=O)NC(C)C)c1. The molecule has 1 unspecified atom stereocenters. The highest BCUT2D eigenvalue weighted by Crippen LogP contribution is 2.08. The lowest BCUT2D eigenvalue weighted by Gasteiger charge is -2.13. The van der Waals surface area contributed by atoms with E-state index >= 15 is 0 Å². The third-order valence-electron chi connectivity index (χ3n) is 2.60. The van der Waals surface area contributed by atoms with Gasteiger partial charge in [0.25, 0.3) is 5.91 Å². The van der Waals surface area contributed by atoms with Crippen LogP contribution in [0.4, 0.5) is 0 Å². The van der Waals surface area contributed by atoms with E-state index in [1.807, 2.05) is 39.0 Å². The van der Waals surface area contributed by atoms with E-state index < -0.39 is 0 Å². The summed E-state index contributed by atoms with van der Waals surface area (Å²) < 4.78 is 0. The Hall–Kier alpha value is -1.84. The van der Waals surface area contributed by atoms with Gasteiger partial charge in [-0.05, 0) is 44.9 Å². The van der Waals surface area contributed by atoms with Crippen molar-refractivity contribution in [2.45, 2.75) is 46.2 Å². The summed E-state index contributed by atoms with van der Waals surface area (Å²) >= 11 is 0. The van der Waals surface area contributed by atoms with Gasteiger partial charge in [-0.25, -0.2) is 0 Å². The van der Waals surface area contributed by atoms with Crippen LogP contribution >= 0.6 is 0 Å². The molecule has 0 aliphatic carbocycles. The van der Waals surface area contributed by atoms with E-state index in [9.17, 15) is 9.59 Å². The fraction of sp³-hybridized carbons (Fsp3) is 0.467. The maximum absolute atomic E-state index is 11.9. The molecule has 19 heavy (non-hydrogen) atoms. The third-order valence-corrected chi connectivity index (χ3v) is 2.60. The molecule has 0 spiro atoms. The van der Waals surface area contributed by atoms with E-state index in [1.165, 1.54) is 6.92 Å². The fourth-order valence-electron chi connectivity index (χ4n) is 1.94. The number of carbonyl (C=O) groups excluding carboxylic acids is 2. The van der Waals surface area contributed by atoms with E-state index in [0.717, 1.165) is 5.56 Å². The molecule has 2 N–H and O–H groups in total. The molecular weight excluding hydrogens is 240 g/mol. The minimum atomic E-state index is -0.0657. The zero-order chi connectivity index (χ0) is 14.4. The van der Waals surface area contributed by atoms with Gasteiger partial charge >= 0.3 is 0 Å². The molecule has 0 aromatic heterocycles. The molecule has 2 amide bonds. The minimum absolute atomic E-state index is 0.0406. The molecule has 1 rings (SSSR count). The first-order valence-corrected chi connectivity index (χ1v) is 6.55. The Morgan fingerprint density at radius 2 is 1.84 bits per heavy atom. The maximum Gasteiger partial charge on any atom is 0.251 e. The molecule has 0 radical (unpaired) electrons. The molecule has 4 nitrogen and oxygen atoms in total. The van der Waals surface area contributed by atoms with Crippen LogP contribution in [0.5, 0.6) is 0 Å². The molecule has 0 aliphatic heterocycles. The second-order valence-electron chi connectivity index (χ2n) is 5.13. The number of hydrogen-bond acceptors (Lipinski definition) is 2. The topological polar surface area (TPSA) is 58.2 Å². The smallest absolute Gasteiger partial charge is 0.251 e. The lowest BCUT2D eigenvalue weighted by atomic mass is 10.0. The van der Waals surface area contributed by atoms with Crippen molar-refractivity contribution in [3.8, 4) is 0 Å². The van der Waals surface area contributed by atoms with Crippen LogP contribution in [0.2, 0.25) is 0 Å². The van der Waals surface area contributed by atoms with Gasteiger partial charge in [0.15, 0.2) is 0 Å². The zero-order valence-electron chi connectivity index (χ0n) is 12.0. The average Bonchev–Trinajstić information content (AvgIpc) is 2.27. The van der Waals surface area contributed by atoms with Crippen LogP contribution in [0, 0.1) is 0 Å². The minimum Gasteiger partial charge on any atom is -0.354 e. The molecular formula is C15H22N2O2. The van der Waals surface area contributed by atoms with Crippen molar-refractivity contribution in [1.29, 1.82) is 0 Å². The first-order valence-electron chi connectivity index (χ1n) is 6.55. The lowest BCUT2D eigenvalue weighted by Crippen LogP contribution is -2.32. The first-order chi connectivity index (χ1) is 8.88. The number of carbonyl (C=O) groups is 2. The standard InChI is InChI=1S/C15H22N2O2/c1-10(2)16-15(19)14-7-5-6-13(9-14)8-11(3)17-12(4)18/h5-7,9-11H,8H2,1-4H3,(H,16,19)(H,17,18). The van der Waals surface area contributed by atoms with Crippen LogP contribution < -0.4 is 10.6 Å². The summed E-state index contributed by atoms with van der Waals surface area (Å²) in [5, 5.41) is 5.70. The third kappa shape index (κ3) is 5.55. The Morgan fingerprint density at radius 3 is 2.42 bits per heavy atom. The molecule has 0 fully saturated rings. The van der Waals surface area contributed by atoms with Crippen LogP contribution in [-0.4, -0.2) is 23.9 Å². The molecule has 0 heterocycles. The van der Waals surface area contributed by atoms with Gasteiger partial charge in [0.05, 0.1) is 0 Å². The highest BCUT2D eigenvalue weighted by molar-refractivity contribution is 5.94. The van der Waals surface area contributed by atoms with Crippen LogP contribution in [-0.2, 0) is 11.2 Å². The lowest BCUT2D eigenvalue weighted by molar-refractivity contribution is -0.119. The van der Waals surface area contributed by atoms with Gasteiger partial charge in [-0.1, -0.05) is 12.1 Å². The van der Waals surface area contributed by atoms with Gasteiger partial charge in [0.1, 0.15) is 0 Å². The fourth-order valence-corrected chi connectivity index (χ4v) is 1.94. The van der Waals surface area contributed by atoms with Gasteiger partial charge in [-0.3, -0.25) is 9.59 Å². The molecule has 1 aromatic carbocycles. The van der Waals surface area contributed by atoms with Crippen molar-refractivity contribution in [1.82, 2.24) is 10.6 Å². The monoisotopic (exact) mass is 262 g/mol. The highest BCUT2D eigenvalue weighted by atomic mass is 16.2. The second-order valence-corrected chi connectivity index (χ2v) is 5.13. The zero-order valence-corrected chi connectivity index (χ0v) is 12.0. The van der Waals surface area contributed by atoms with Gasteiger partial charge in [-0.2, -0.15) is 0 Å².